The topological polar surface area (TPSA) is 110 Å². The summed E-state index contributed by atoms with van der Waals surface area (Å²) in [5.74, 6) is -1.42. The summed E-state index contributed by atoms with van der Waals surface area (Å²) < 4.78 is 51.6. The van der Waals surface area contributed by atoms with Crippen LogP contribution in [0.2, 0.25) is 0 Å². The maximum atomic E-state index is 13.1. The fraction of sp³-hybridized carbons (Fsp3) is 0.190. The largest absolute Gasteiger partial charge is 0.478 e. The summed E-state index contributed by atoms with van der Waals surface area (Å²) in [6.45, 7) is 1.31. The number of rotatable bonds is 4. The summed E-state index contributed by atoms with van der Waals surface area (Å²) in [6, 6.07) is 7.91. The predicted octanol–water partition coefficient (Wildman–Crippen LogP) is 3.94. The summed E-state index contributed by atoms with van der Waals surface area (Å²) in [6.07, 6.45) is -3.31. The van der Waals surface area contributed by atoms with E-state index in [1.165, 1.54) is 37.4 Å². The van der Waals surface area contributed by atoms with E-state index in [0.717, 1.165) is 23.1 Å². The zero-order valence-corrected chi connectivity index (χ0v) is 17.5. The van der Waals surface area contributed by atoms with Crippen molar-refractivity contribution in [3.05, 3.63) is 70.4 Å². The quantitative estimate of drug-likeness (QED) is 0.714. The maximum absolute atomic E-state index is 13.1. The Morgan fingerprint density at radius 2 is 1.94 bits per heavy atom. The van der Waals surface area contributed by atoms with Gasteiger partial charge in [0.1, 0.15) is 0 Å². The molecule has 1 aliphatic rings. The van der Waals surface area contributed by atoms with Gasteiger partial charge in [-0.3, -0.25) is 9.11 Å². The van der Waals surface area contributed by atoms with Gasteiger partial charge in [0.15, 0.2) is 0 Å². The number of alkyl halides is 3. The highest BCUT2D eigenvalue weighted by Gasteiger charge is 2.38. The van der Waals surface area contributed by atoms with Crippen LogP contribution in [0.3, 0.4) is 0 Å². The third-order valence-electron chi connectivity index (χ3n) is 4.91. The summed E-state index contributed by atoms with van der Waals surface area (Å²) in [7, 11) is -1.62. The molecule has 32 heavy (non-hydrogen) atoms. The Bertz CT molecular complexity index is 1220. The second-order valence-electron chi connectivity index (χ2n) is 6.89. The lowest BCUT2D eigenvalue weighted by Crippen LogP contribution is -2.48. The molecule has 2 aromatic carbocycles. The third-order valence-corrected chi connectivity index (χ3v) is 5.88. The number of hydrogen-bond acceptors (Lipinski definition) is 4. The third kappa shape index (κ3) is 4.22. The van der Waals surface area contributed by atoms with E-state index in [4.69, 9.17) is 5.26 Å². The van der Waals surface area contributed by atoms with Gasteiger partial charge in [-0.1, -0.05) is 12.1 Å². The standard InChI is InChI=1S/C21H16F3N3O4S/c1-11-17(19(28)29)18(15-7-6-12(10-25)8-16(15)32(2)31)26-20(30)27(11)14-5-3-4-13(9-14)21(22,23)24/h3-9,18H,1-2H3,(H,26,30)(H,28,29)/t18-,32?/m1/s1. The summed E-state index contributed by atoms with van der Waals surface area (Å²) in [5, 5.41) is 21.4. The number of nitrogens with zero attached hydrogens (tertiary/aromatic N) is 2. The summed E-state index contributed by atoms with van der Waals surface area (Å²) in [4.78, 5) is 26.0. The highest BCUT2D eigenvalue weighted by molar-refractivity contribution is 7.84. The molecule has 2 aromatic rings. The van der Waals surface area contributed by atoms with E-state index < -0.39 is 40.6 Å². The van der Waals surface area contributed by atoms with Crippen LogP contribution in [0.5, 0.6) is 0 Å². The Labute approximate surface area is 183 Å². The molecule has 0 saturated carbocycles. The van der Waals surface area contributed by atoms with Crippen LogP contribution in [0, 0.1) is 11.3 Å². The first kappa shape index (κ1) is 23.0. The van der Waals surface area contributed by atoms with Crippen LogP contribution < -0.4 is 10.2 Å². The molecule has 0 aromatic heterocycles. The molecule has 0 saturated heterocycles. The van der Waals surface area contributed by atoms with Gasteiger partial charge in [0.05, 0.1) is 45.3 Å². The summed E-state index contributed by atoms with van der Waals surface area (Å²) >= 11 is 0. The van der Waals surface area contributed by atoms with Crippen molar-refractivity contribution in [2.24, 2.45) is 0 Å². The normalized spacial score (nSPS) is 17.6. The Morgan fingerprint density at radius 1 is 1.25 bits per heavy atom. The highest BCUT2D eigenvalue weighted by Crippen LogP contribution is 2.37. The number of benzene rings is 2. The first-order valence-corrected chi connectivity index (χ1v) is 10.6. The molecule has 0 fully saturated rings. The average Bonchev–Trinajstić information content (AvgIpc) is 2.72. The number of carboxylic acids is 1. The fourth-order valence-electron chi connectivity index (χ4n) is 3.48. The van der Waals surface area contributed by atoms with E-state index in [9.17, 15) is 32.1 Å². The van der Waals surface area contributed by atoms with E-state index in [-0.39, 0.29) is 33.0 Å². The number of anilines is 1. The molecule has 7 nitrogen and oxygen atoms in total. The number of amides is 2. The molecular formula is C21H16F3N3O4S. The lowest BCUT2D eigenvalue weighted by atomic mass is 9.94. The number of carbonyl (C=O) groups excluding carboxylic acids is 1. The number of nitriles is 1. The van der Waals surface area contributed by atoms with Gasteiger partial charge in [-0.25, -0.2) is 9.59 Å². The van der Waals surface area contributed by atoms with E-state index >= 15 is 0 Å². The molecule has 2 N–H and O–H groups in total. The van der Waals surface area contributed by atoms with Crippen molar-refractivity contribution >= 4 is 28.5 Å². The number of halogens is 3. The molecule has 0 aliphatic carbocycles. The molecule has 2 atom stereocenters. The SMILES string of the molecule is CC1=C(C(=O)O)[C@@H](c2ccc(C#N)cc2S(C)=O)NC(=O)N1c1cccc(C(F)(F)F)c1. The molecular weight excluding hydrogens is 447 g/mol. The van der Waals surface area contributed by atoms with Crippen molar-refractivity contribution in [2.45, 2.75) is 24.0 Å². The minimum atomic E-state index is -4.65. The van der Waals surface area contributed by atoms with E-state index in [0.29, 0.717) is 0 Å². The maximum Gasteiger partial charge on any atom is 0.416 e. The van der Waals surface area contributed by atoms with Crippen molar-refractivity contribution in [3.8, 4) is 6.07 Å². The van der Waals surface area contributed by atoms with Crippen molar-refractivity contribution in [2.75, 3.05) is 11.2 Å². The first-order valence-electron chi connectivity index (χ1n) is 9.05. The Balaban J connectivity index is 2.19. The lowest BCUT2D eigenvalue weighted by Gasteiger charge is -2.35. The van der Waals surface area contributed by atoms with Crippen LogP contribution in [0.25, 0.3) is 0 Å². The molecule has 1 unspecified atom stereocenters. The van der Waals surface area contributed by atoms with Gasteiger partial charge in [-0.2, -0.15) is 18.4 Å². The number of nitrogens with one attached hydrogen (secondary N) is 1. The van der Waals surface area contributed by atoms with Crippen molar-refractivity contribution in [1.29, 1.82) is 5.26 Å². The number of aliphatic carboxylic acids is 1. The van der Waals surface area contributed by atoms with Crippen molar-refractivity contribution < 1.29 is 32.1 Å². The average molecular weight is 463 g/mol. The van der Waals surface area contributed by atoms with Crippen LogP contribution in [0.1, 0.15) is 29.7 Å². The molecule has 166 valence electrons. The second-order valence-corrected chi connectivity index (χ2v) is 8.24. The van der Waals surface area contributed by atoms with E-state index in [1.54, 1.807) is 0 Å². The molecule has 0 spiro atoms. The van der Waals surface area contributed by atoms with Gasteiger partial charge < -0.3 is 10.4 Å². The van der Waals surface area contributed by atoms with Crippen LogP contribution in [-0.4, -0.2) is 27.6 Å². The monoisotopic (exact) mass is 463 g/mol. The predicted molar refractivity (Wildman–Crippen MR) is 109 cm³/mol. The molecule has 3 rings (SSSR count). The number of hydrogen-bond donors (Lipinski definition) is 2. The lowest BCUT2D eigenvalue weighted by molar-refractivity contribution is -0.137. The van der Waals surface area contributed by atoms with Gasteiger partial charge in [0.2, 0.25) is 0 Å². The van der Waals surface area contributed by atoms with Crippen LogP contribution in [0.4, 0.5) is 23.7 Å². The van der Waals surface area contributed by atoms with Gasteiger partial charge in [0.25, 0.3) is 0 Å². The van der Waals surface area contributed by atoms with E-state index in [2.05, 4.69) is 5.32 Å². The number of urea groups is 1. The Morgan fingerprint density at radius 3 is 2.50 bits per heavy atom. The zero-order valence-electron chi connectivity index (χ0n) is 16.7. The Kier molecular flexibility index (Phi) is 6.09. The molecule has 11 heteroatoms. The van der Waals surface area contributed by atoms with Crippen molar-refractivity contribution in [1.82, 2.24) is 5.32 Å². The van der Waals surface area contributed by atoms with Crippen LogP contribution in [-0.2, 0) is 21.8 Å². The van der Waals surface area contributed by atoms with Gasteiger partial charge >= 0.3 is 18.2 Å². The molecule has 1 heterocycles. The van der Waals surface area contributed by atoms with E-state index in [1.807, 2.05) is 6.07 Å². The Hall–Kier alpha value is -3.65. The molecule has 1 aliphatic heterocycles. The number of carboxylic acid groups (broad SMARTS) is 1. The number of allylic oxidation sites excluding steroid dienone is 1. The highest BCUT2D eigenvalue weighted by atomic mass is 32.2. The first-order chi connectivity index (χ1) is 15.0. The zero-order chi connectivity index (χ0) is 23.8. The van der Waals surface area contributed by atoms with Crippen molar-refractivity contribution in [3.63, 3.8) is 0 Å². The molecule has 2 amide bonds. The van der Waals surface area contributed by atoms with Crippen LogP contribution >= 0.6 is 0 Å². The van der Waals surface area contributed by atoms with Gasteiger partial charge in [0, 0.05) is 16.8 Å². The van der Waals surface area contributed by atoms with Gasteiger partial charge in [-0.15, -0.1) is 0 Å². The fourth-order valence-corrected chi connectivity index (χ4v) is 4.29. The second kappa shape index (κ2) is 8.47. The van der Waals surface area contributed by atoms with Gasteiger partial charge in [-0.05, 0) is 42.8 Å². The van der Waals surface area contributed by atoms with Crippen LogP contribution in [0.15, 0.2) is 58.6 Å². The smallest absolute Gasteiger partial charge is 0.416 e. The number of carbonyl (C=O) groups is 2. The molecule has 0 radical (unpaired) electrons. The minimum Gasteiger partial charge on any atom is -0.478 e. The molecule has 0 bridgehead atoms. The summed E-state index contributed by atoms with van der Waals surface area (Å²) in [5.41, 5.74) is -1.15. The minimum absolute atomic E-state index is 0.0947.